The Kier molecular flexibility index (Phi) is 9.47. The van der Waals surface area contributed by atoms with Crippen LogP contribution in [0, 0.1) is 6.92 Å². The highest BCUT2D eigenvalue weighted by atomic mass is 35.5. The number of carboxylic acids is 1. The molecule has 0 bridgehead atoms. The van der Waals surface area contributed by atoms with E-state index in [1.54, 1.807) is 0 Å². The topological polar surface area (TPSA) is 84.9 Å². The maximum Gasteiger partial charge on any atom is 0.333 e. The van der Waals surface area contributed by atoms with Crippen molar-refractivity contribution in [3.63, 3.8) is 0 Å². The van der Waals surface area contributed by atoms with Crippen LogP contribution in [0.3, 0.4) is 0 Å². The van der Waals surface area contributed by atoms with Gasteiger partial charge in [-0.2, -0.15) is 0 Å². The fraction of sp³-hybridized carbons (Fsp3) is 0.400. The number of hydrogen-bond donors (Lipinski definition) is 2. The van der Waals surface area contributed by atoms with E-state index in [-0.39, 0.29) is 31.1 Å². The zero-order chi connectivity index (χ0) is 27.2. The average molecular weight is 556 g/mol. The molecule has 4 rings (SSSR count). The second-order valence-corrected chi connectivity index (χ2v) is 11.7. The van der Waals surface area contributed by atoms with Crippen molar-refractivity contribution in [2.45, 2.75) is 77.7 Å². The van der Waals surface area contributed by atoms with Crippen LogP contribution >= 0.6 is 22.9 Å². The molecule has 1 aliphatic carbocycles. The summed E-state index contributed by atoms with van der Waals surface area (Å²) >= 11 is 7.65. The smallest absolute Gasteiger partial charge is 0.333 e. The third-order valence-corrected chi connectivity index (χ3v) is 7.89. The quantitative estimate of drug-likeness (QED) is 0.265. The molecule has 1 heterocycles. The molecule has 38 heavy (non-hydrogen) atoms. The second kappa shape index (κ2) is 12.8. The maximum absolute atomic E-state index is 13.2. The number of carbonyl (C=O) groups excluding carboxylic acids is 1. The fourth-order valence-electron chi connectivity index (χ4n) is 4.79. The van der Waals surface area contributed by atoms with Crippen LogP contribution in [0.15, 0.2) is 48.5 Å². The number of thiophene rings is 1. The summed E-state index contributed by atoms with van der Waals surface area (Å²) in [4.78, 5) is 25.9. The molecular formula is C30H34ClNO5S. The lowest BCUT2D eigenvalue weighted by atomic mass is 9.99. The van der Waals surface area contributed by atoms with Gasteiger partial charge in [0.05, 0.1) is 16.5 Å². The highest BCUT2D eigenvalue weighted by molar-refractivity contribution is 7.19. The monoisotopic (exact) mass is 555 g/mol. The number of halogens is 1. The van der Waals surface area contributed by atoms with Crippen molar-refractivity contribution in [3.05, 3.63) is 75.1 Å². The zero-order valence-corrected chi connectivity index (χ0v) is 23.5. The molecule has 1 aliphatic rings. The number of rotatable bonds is 11. The molecular weight excluding hydrogens is 522 g/mol. The van der Waals surface area contributed by atoms with E-state index in [0.29, 0.717) is 9.90 Å². The van der Waals surface area contributed by atoms with Gasteiger partial charge < -0.3 is 19.9 Å². The summed E-state index contributed by atoms with van der Waals surface area (Å²) < 4.78 is 12.4. The lowest BCUT2D eigenvalue weighted by Crippen LogP contribution is -2.29. The average Bonchev–Trinajstić information content (AvgIpc) is 3.53. The van der Waals surface area contributed by atoms with Gasteiger partial charge in [0.1, 0.15) is 5.75 Å². The molecule has 8 heteroatoms. The van der Waals surface area contributed by atoms with Crippen LogP contribution in [0.25, 0.3) is 10.4 Å². The third-order valence-electron chi connectivity index (χ3n) is 6.63. The molecule has 0 aliphatic heterocycles. The number of amides is 1. The van der Waals surface area contributed by atoms with Crippen molar-refractivity contribution in [3.8, 4) is 16.2 Å². The van der Waals surface area contributed by atoms with Crippen LogP contribution in [0.5, 0.6) is 5.75 Å². The molecule has 1 amide bonds. The van der Waals surface area contributed by atoms with Crippen LogP contribution in [-0.2, 0) is 22.5 Å². The van der Waals surface area contributed by atoms with Crippen LogP contribution in [-0.4, -0.2) is 35.3 Å². The highest BCUT2D eigenvalue weighted by Crippen LogP contribution is 2.34. The Bertz CT molecular complexity index is 1280. The molecule has 0 spiro atoms. The SMILES string of the molecule is Cc1cc(OC2CCCC2)ccc1C(=O)NCc1cc(CC(OC(C)C)C(=O)O)ccc1-c1ccc(Cl)s1. The first-order valence-corrected chi connectivity index (χ1v) is 14.2. The molecule has 1 atom stereocenters. The number of aliphatic carboxylic acids is 1. The Balaban J connectivity index is 1.52. The van der Waals surface area contributed by atoms with Gasteiger partial charge in [0.2, 0.25) is 0 Å². The van der Waals surface area contributed by atoms with Crippen molar-refractivity contribution in [1.29, 1.82) is 0 Å². The largest absolute Gasteiger partial charge is 0.490 e. The Hall–Kier alpha value is -2.87. The van der Waals surface area contributed by atoms with Crippen molar-refractivity contribution in [2.24, 2.45) is 0 Å². The Morgan fingerprint density at radius 2 is 1.87 bits per heavy atom. The first kappa shape index (κ1) is 28.1. The van der Waals surface area contributed by atoms with Gasteiger partial charge in [-0.25, -0.2) is 4.79 Å². The molecule has 1 saturated carbocycles. The molecule has 1 aromatic heterocycles. The number of benzene rings is 2. The van der Waals surface area contributed by atoms with Crippen LogP contribution < -0.4 is 10.1 Å². The fourth-order valence-corrected chi connectivity index (χ4v) is 5.89. The number of carbonyl (C=O) groups is 2. The first-order chi connectivity index (χ1) is 18.2. The first-order valence-electron chi connectivity index (χ1n) is 13.0. The van der Waals surface area contributed by atoms with E-state index in [1.165, 1.54) is 24.2 Å². The van der Waals surface area contributed by atoms with Crippen LogP contribution in [0.1, 0.15) is 66.6 Å². The van der Waals surface area contributed by atoms with Crippen molar-refractivity contribution in [1.82, 2.24) is 5.32 Å². The van der Waals surface area contributed by atoms with Crippen molar-refractivity contribution in [2.75, 3.05) is 0 Å². The summed E-state index contributed by atoms with van der Waals surface area (Å²) in [5.41, 5.74) is 4.09. The lowest BCUT2D eigenvalue weighted by molar-refractivity contribution is -0.153. The number of ether oxygens (including phenoxy) is 2. The summed E-state index contributed by atoms with van der Waals surface area (Å²) in [5, 5.41) is 12.7. The molecule has 1 unspecified atom stereocenters. The summed E-state index contributed by atoms with van der Waals surface area (Å²) in [5.74, 6) is -0.382. The minimum absolute atomic E-state index is 0.179. The van der Waals surface area contributed by atoms with Gasteiger partial charge in [0, 0.05) is 23.4 Å². The normalized spacial score (nSPS) is 14.6. The van der Waals surface area contributed by atoms with Gasteiger partial charge in [-0.05, 0) is 99.0 Å². The van der Waals surface area contributed by atoms with E-state index < -0.39 is 12.1 Å². The van der Waals surface area contributed by atoms with Gasteiger partial charge in [0.15, 0.2) is 6.10 Å². The Labute approximate surface area is 232 Å². The minimum Gasteiger partial charge on any atom is -0.490 e. The summed E-state index contributed by atoms with van der Waals surface area (Å²) in [6.45, 7) is 5.82. The van der Waals surface area contributed by atoms with Gasteiger partial charge in [-0.15, -0.1) is 11.3 Å². The summed E-state index contributed by atoms with van der Waals surface area (Å²) in [6.07, 6.45) is 3.88. The van der Waals surface area contributed by atoms with E-state index in [9.17, 15) is 14.7 Å². The highest BCUT2D eigenvalue weighted by Gasteiger charge is 2.22. The van der Waals surface area contributed by atoms with E-state index in [2.05, 4.69) is 5.32 Å². The number of carboxylic acid groups (broad SMARTS) is 1. The molecule has 3 aromatic rings. The summed E-state index contributed by atoms with van der Waals surface area (Å²) in [7, 11) is 0. The molecule has 2 aromatic carbocycles. The number of aryl methyl sites for hydroxylation is 1. The molecule has 0 radical (unpaired) electrons. The summed E-state index contributed by atoms with van der Waals surface area (Å²) in [6, 6.07) is 15.2. The van der Waals surface area contributed by atoms with Gasteiger partial charge >= 0.3 is 5.97 Å². The van der Waals surface area contributed by atoms with Crippen molar-refractivity contribution < 1.29 is 24.2 Å². The van der Waals surface area contributed by atoms with Gasteiger partial charge in [0.25, 0.3) is 5.91 Å². The lowest BCUT2D eigenvalue weighted by Gasteiger charge is -2.18. The standard InChI is InChI=1S/C30H34ClNO5S/c1-18(2)36-26(30(34)35)16-20-8-10-25(27-12-13-28(31)38-27)21(15-20)17-32-29(33)24-11-9-23(14-19(24)3)37-22-6-4-5-7-22/h8-15,18,22,26H,4-7,16-17H2,1-3H3,(H,32,33)(H,34,35). The van der Waals surface area contributed by atoms with E-state index >= 15 is 0 Å². The molecule has 6 nitrogen and oxygen atoms in total. The predicted octanol–water partition coefficient (Wildman–Crippen LogP) is 7.05. The molecule has 2 N–H and O–H groups in total. The predicted molar refractivity (Wildman–Crippen MR) is 151 cm³/mol. The molecule has 202 valence electrons. The number of hydrogen-bond acceptors (Lipinski definition) is 5. The van der Waals surface area contributed by atoms with Crippen LogP contribution in [0.2, 0.25) is 4.34 Å². The molecule has 0 saturated heterocycles. The maximum atomic E-state index is 13.2. The van der Waals surface area contributed by atoms with E-state index in [0.717, 1.165) is 45.7 Å². The Morgan fingerprint density at radius 1 is 1.11 bits per heavy atom. The Morgan fingerprint density at radius 3 is 2.50 bits per heavy atom. The number of nitrogens with one attached hydrogen (secondary N) is 1. The zero-order valence-electron chi connectivity index (χ0n) is 22.0. The molecule has 1 fully saturated rings. The second-order valence-electron chi connectivity index (χ2n) is 9.99. The minimum atomic E-state index is -1.00. The van der Waals surface area contributed by atoms with Gasteiger partial charge in [-0.3, -0.25) is 4.79 Å². The van der Waals surface area contributed by atoms with Crippen LogP contribution in [0.4, 0.5) is 0 Å². The van der Waals surface area contributed by atoms with E-state index in [4.69, 9.17) is 21.1 Å². The van der Waals surface area contributed by atoms with E-state index in [1.807, 2.05) is 69.3 Å². The van der Waals surface area contributed by atoms with Gasteiger partial charge in [-0.1, -0.05) is 29.8 Å². The third kappa shape index (κ3) is 7.37. The van der Waals surface area contributed by atoms with Crippen molar-refractivity contribution >= 4 is 34.8 Å².